The maximum Gasteiger partial charge on any atom is 0.238 e. The third kappa shape index (κ3) is 4.41. The Bertz CT molecular complexity index is 609. The highest BCUT2D eigenvalue weighted by Crippen LogP contribution is 2.13. The van der Waals surface area contributed by atoms with Gasteiger partial charge in [0.25, 0.3) is 0 Å². The molecule has 0 unspecified atom stereocenters. The number of hydrogen-bond donors (Lipinski definition) is 1. The fourth-order valence-electron chi connectivity index (χ4n) is 2.03. The molecule has 1 fully saturated rings. The molecule has 122 valence electrons. The lowest BCUT2D eigenvalue weighted by molar-refractivity contribution is -0.120. The molecule has 1 aliphatic rings. The second-order valence-corrected chi connectivity index (χ2v) is 7.68. The summed E-state index contributed by atoms with van der Waals surface area (Å²) in [5.41, 5.74) is 0.825. The lowest BCUT2D eigenvalue weighted by Crippen LogP contribution is -2.37. The molecule has 7 nitrogen and oxygen atoms in total. The van der Waals surface area contributed by atoms with Crippen molar-refractivity contribution < 1.29 is 17.9 Å². The molecule has 1 N–H and O–H groups in total. The van der Waals surface area contributed by atoms with Gasteiger partial charge in [0.1, 0.15) is 11.1 Å². The van der Waals surface area contributed by atoms with E-state index in [4.69, 9.17) is 4.74 Å². The molecular weight excluding hydrogens is 306 g/mol. The smallest absolute Gasteiger partial charge is 0.238 e. The second kappa shape index (κ2) is 7.06. The van der Waals surface area contributed by atoms with Crippen LogP contribution in [0.15, 0.2) is 18.3 Å². The molecule has 2 rings (SSSR count). The minimum Gasteiger partial charge on any atom is -0.378 e. The van der Waals surface area contributed by atoms with Gasteiger partial charge in [0, 0.05) is 32.1 Å². The normalized spacial score (nSPS) is 17.1. The zero-order valence-corrected chi connectivity index (χ0v) is 13.6. The lowest BCUT2D eigenvalue weighted by atomic mass is 10.2. The van der Waals surface area contributed by atoms with Gasteiger partial charge in [0.05, 0.1) is 13.2 Å². The van der Waals surface area contributed by atoms with Crippen LogP contribution >= 0.6 is 0 Å². The Morgan fingerprint density at radius 3 is 2.64 bits per heavy atom. The highest BCUT2D eigenvalue weighted by atomic mass is 32.2. The number of hydrogen-bond acceptors (Lipinski definition) is 6. The number of carbonyl (C=O) groups excluding carboxylic acids is 1. The third-order valence-corrected chi connectivity index (χ3v) is 5.12. The summed E-state index contributed by atoms with van der Waals surface area (Å²) in [4.78, 5) is 18.3. The van der Waals surface area contributed by atoms with Gasteiger partial charge >= 0.3 is 0 Å². The van der Waals surface area contributed by atoms with Crippen LogP contribution in [0.25, 0.3) is 0 Å². The summed E-state index contributed by atoms with van der Waals surface area (Å²) in [7, 11) is -3.37. The standard InChI is InChI=1S/C14H21N3O4S/c1-11(22(2,19)20)14(18)16-10-12-3-4-13(15-9-12)17-5-7-21-8-6-17/h3-4,9,11H,5-8,10H2,1-2H3,(H,16,18)/t11-/m1/s1. The molecule has 1 aromatic heterocycles. The van der Waals surface area contributed by atoms with Crippen molar-refractivity contribution in [2.24, 2.45) is 0 Å². The summed E-state index contributed by atoms with van der Waals surface area (Å²) >= 11 is 0. The molecule has 1 aliphatic heterocycles. The summed E-state index contributed by atoms with van der Waals surface area (Å²) in [5, 5.41) is 1.56. The number of nitrogens with zero attached hydrogens (tertiary/aromatic N) is 2. The van der Waals surface area contributed by atoms with Gasteiger partial charge in [-0.25, -0.2) is 13.4 Å². The first-order chi connectivity index (χ1) is 10.4. The number of sulfone groups is 1. The van der Waals surface area contributed by atoms with E-state index in [1.807, 2.05) is 12.1 Å². The van der Waals surface area contributed by atoms with Crippen LogP contribution in [0.5, 0.6) is 0 Å². The Kier molecular flexibility index (Phi) is 5.36. The van der Waals surface area contributed by atoms with E-state index < -0.39 is 21.0 Å². The Morgan fingerprint density at radius 1 is 1.41 bits per heavy atom. The molecule has 0 saturated carbocycles. The number of morpholine rings is 1. The molecule has 1 saturated heterocycles. The lowest BCUT2D eigenvalue weighted by Gasteiger charge is -2.27. The van der Waals surface area contributed by atoms with Gasteiger partial charge in [-0.1, -0.05) is 6.07 Å². The van der Waals surface area contributed by atoms with E-state index in [1.54, 1.807) is 6.20 Å². The first-order valence-electron chi connectivity index (χ1n) is 7.12. The van der Waals surface area contributed by atoms with E-state index in [9.17, 15) is 13.2 Å². The number of anilines is 1. The average Bonchev–Trinajstić information content (AvgIpc) is 2.52. The SMILES string of the molecule is C[C@H](C(=O)NCc1ccc(N2CCOCC2)nc1)S(C)(=O)=O. The Hall–Kier alpha value is -1.67. The summed E-state index contributed by atoms with van der Waals surface area (Å²) in [6.07, 6.45) is 2.74. The van der Waals surface area contributed by atoms with Crippen molar-refractivity contribution in [3.8, 4) is 0 Å². The summed E-state index contributed by atoms with van der Waals surface area (Å²) < 4.78 is 27.9. The maximum atomic E-state index is 11.7. The minimum atomic E-state index is -3.37. The van der Waals surface area contributed by atoms with Gasteiger partial charge < -0.3 is 15.0 Å². The molecule has 0 bridgehead atoms. The second-order valence-electron chi connectivity index (χ2n) is 5.31. The first-order valence-corrected chi connectivity index (χ1v) is 9.07. The van der Waals surface area contributed by atoms with Crippen LogP contribution < -0.4 is 10.2 Å². The van der Waals surface area contributed by atoms with Crippen molar-refractivity contribution in [2.75, 3.05) is 37.5 Å². The number of nitrogens with one attached hydrogen (secondary N) is 1. The van der Waals surface area contributed by atoms with Crippen LogP contribution in [-0.2, 0) is 25.9 Å². The summed E-state index contributed by atoms with van der Waals surface area (Å²) in [6, 6.07) is 3.77. The van der Waals surface area contributed by atoms with E-state index >= 15 is 0 Å². The van der Waals surface area contributed by atoms with Crippen molar-refractivity contribution in [1.29, 1.82) is 0 Å². The fraction of sp³-hybridized carbons (Fsp3) is 0.571. The number of amides is 1. The van der Waals surface area contributed by atoms with Crippen LogP contribution in [0, 0.1) is 0 Å². The van der Waals surface area contributed by atoms with Crippen molar-refractivity contribution in [3.63, 3.8) is 0 Å². The van der Waals surface area contributed by atoms with Gasteiger partial charge in [-0.2, -0.15) is 0 Å². The van der Waals surface area contributed by atoms with Crippen molar-refractivity contribution in [3.05, 3.63) is 23.9 Å². The van der Waals surface area contributed by atoms with Crippen molar-refractivity contribution in [1.82, 2.24) is 10.3 Å². The van der Waals surface area contributed by atoms with E-state index in [0.29, 0.717) is 13.2 Å². The number of ether oxygens (including phenoxy) is 1. The molecule has 0 spiro atoms. The topological polar surface area (TPSA) is 88.6 Å². The van der Waals surface area contributed by atoms with E-state index in [-0.39, 0.29) is 6.54 Å². The number of aromatic nitrogens is 1. The molecule has 22 heavy (non-hydrogen) atoms. The minimum absolute atomic E-state index is 0.259. The van der Waals surface area contributed by atoms with Crippen LogP contribution in [0.2, 0.25) is 0 Å². The van der Waals surface area contributed by atoms with E-state index in [1.165, 1.54) is 6.92 Å². The van der Waals surface area contributed by atoms with E-state index in [0.717, 1.165) is 30.7 Å². The molecule has 1 amide bonds. The quantitative estimate of drug-likeness (QED) is 0.817. The Balaban J connectivity index is 1.90. The summed E-state index contributed by atoms with van der Waals surface area (Å²) in [5.74, 6) is 0.377. The Labute approximate surface area is 130 Å². The highest BCUT2D eigenvalue weighted by molar-refractivity contribution is 7.92. The van der Waals surface area contributed by atoms with Gasteiger partial charge in [0.2, 0.25) is 5.91 Å². The van der Waals surface area contributed by atoms with Crippen LogP contribution in [0.3, 0.4) is 0 Å². The number of pyridine rings is 1. The molecule has 0 aromatic carbocycles. The highest BCUT2D eigenvalue weighted by Gasteiger charge is 2.23. The Morgan fingerprint density at radius 2 is 2.09 bits per heavy atom. The number of rotatable bonds is 5. The fourth-order valence-corrected chi connectivity index (χ4v) is 2.50. The van der Waals surface area contributed by atoms with Crippen LogP contribution in [-0.4, -0.2) is 57.1 Å². The predicted octanol–water partition coefficient (Wildman–Crippen LogP) is -0.0325. The molecule has 0 aliphatic carbocycles. The zero-order valence-electron chi connectivity index (χ0n) is 12.8. The largest absolute Gasteiger partial charge is 0.378 e. The van der Waals surface area contributed by atoms with Gasteiger partial charge in [-0.15, -0.1) is 0 Å². The molecule has 1 atom stereocenters. The molecular formula is C14H21N3O4S. The van der Waals surface area contributed by atoms with Crippen molar-refractivity contribution >= 4 is 21.6 Å². The zero-order chi connectivity index (χ0) is 16.2. The summed E-state index contributed by atoms with van der Waals surface area (Å²) in [6.45, 7) is 4.66. The van der Waals surface area contributed by atoms with Gasteiger partial charge in [-0.05, 0) is 18.6 Å². The monoisotopic (exact) mass is 327 g/mol. The molecule has 8 heteroatoms. The molecule has 2 heterocycles. The third-order valence-electron chi connectivity index (χ3n) is 3.62. The maximum absolute atomic E-state index is 11.7. The van der Waals surface area contributed by atoms with Crippen LogP contribution in [0.4, 0.5) is 5.82 Å². The number of carbonyl (C=O) groups is 1. The van der Waals surface area contributed by atoms with Crippen LogP contribution in [0.1, 0.15) is 12.5 Å². The predicted molar refractivity (Wildman–Crippen MR) is 83.4 cm³/mol. The van der Waals surface area contributed by atoms with Gasteiger partial charge in [-0.3, -0.25) is 4.79 Å². The average molecular weight is 327 g/mol. The first kappa shape index (κ1) is 16.7. The molecule has 0 radical (unpaired) electrons. The molecule has 1 aromatic rings. The van der Waals surface area contributed by atoms with E-state index in [2.05, 4.69) is 15.2 Å². The van der Waals surface area contributed by atoms with Gasteiger partial charge in [0.15, 0.2) is 9.84 Å². The van der Waals surface area contributed by atoms with Crippen molar-refractivity contribution in [2.45, 2.75) is 18.7 Å².